The van der Waals surface area contributed by atoms with Crippen LogP contribution in [0.5, 0.6) is 23.0 Å². The molecule has 0 aliphatic carbocycles. The summed E-state index contributed by atoms with van der Waals surface area (Å²) in [6, 6.07) is 10.5. The van der Waals surface area contributed by atoms with Gasteiger partial charge in [-0.1, -0.05) is 6.07 Å². The first kappa shape index (κ1) is 22.9. The maximum Gasteiger partial charge on any atom is 0.243 e. The molecule has 0 spiro atoms. The van der Waals surface area contributed by atoms with Crippen LogP contribution in [0, 0.1) is 0 Å². The van der Waals surface area contributed by atoms with E-state index in [1.807, 2.05) is 6.92 Å². The van der Waals surface area contributed by atoms with Crippen molar-refractivity contribution in [1.82, 2.24) is 4.90 Å². The molecule has 0 fully saturated rings. The minimum atomic E-state index is -0.289. The summed E-state index contributed by atoms with van der Waals surface area (Å²) in [7, 11) is 6.11. The smallest absolute Gasteiger partial charge is 0.243 e. The van der Waals surface area contributed by atoms with Gasteiger partial charge in [0.25, 0.3) is 0 Å². The topological polar surface area (TPSA) is 86.3 Å². The lowest BCUT2D eigenvalue weighted by molar-refractivity contribution is -0.133. The molecule has 2 aromatic rings. The monoisotopic (exact) mass is 416 g/mol. The third-order valence-corrected chi connectivity index (χ3v) is 4.50. The van der Waals surface area contributed by atoms with Crippen molar-refractivity contribution in [3.63, 3.8) is 0 Å². The highest BCUT2D eigenvalue weighted by Gasteiger charge is 2.19. The molecular weight excluding hydrogens is 388 g/mol. The standard InChI is InChI=1S/C22H28N2O6/c1-6-24(14-20(25)23-16-8-7-9-17(13-16)27-2)21(26)12-15-10-18(28-3)22(30-5)19(11-15)29-4/h7-11,13H,6,12,14H2,1-5H3,(H,23,25). The molecule has 2 amide bonds. The van der Waals surface area contributed by atoms with Gasteiger partial charge >= 0.3 is 0 Å². The molecule has 0 heterocycles. The summed E-state index contributed by atoms with van der Waals surface area (Å²) in [6.45, 7) is 2.16. The number of hydrogen-bond acceptors (Lipinski definition) is 6. The molecule has 0 aliphatic heterocycles. The highest BCUT2D eigenvalue weighted by Crippen LogP contribution is 2.38. The number of nitrogens with zero attached hydrogens (tertiary/aromatic N) is 1. The van der Waals surface area contributed by atoms with E-state index in [1.54, 1.807) is 43.5 Å². The number of nitrogens with one attached hydrogen (secondary N) is 1. The third-order valence-electron chi connectivity index (χ3n) is 4.50. The van der Waals surface area contributed by atoms with Crippen LogP contribution in [0.3, 0.4) is 0 Å². The van der Waals surface area contributed by atoms with E-state index in [9.17, 15) is 9.59 Å². The van der Waals surface area contributed by atoms with Gasteiger partial charge in [-0.25, -0.2) is 0 Å². The zero-order valence-electron chi connectivity index (χ0n) is 18.0. The highest BCUT2D eigenvalue weighted by molar-refractivity contribution is 5.95. The van der Waals surface area contributed by atoms with Crippen LogP contribution in [0.25, 0.3) is 0 Å². The van der Waals surface area contributed by atoms with Gasteiger partial charge in [-0.2, -0.15) is 0 Å². The van der Waals surface area contributed by atoms with Crippen LogP contribution in [0.1, 0.15) is 12.5 Å². The van der Waals surface area contributed by atoms with Crippen molar-refractivity contribution >= 4 is 17.5 Å². The normalized spacial score (nSPS) is 10.2. The quantitative estimate of drug-likeness (QED) is 0.641. The lowest BCUT2D eigenvalue weighted by atomic mass is 10.1. The van der Waals surface area contributed by atoms with E-state index in [0.29, 0.717) is 40.8 Å². The Bertz CT molecular complexity index is 859. The predicted octanol–water partition coefficient (Wildman–Crippen LogP) is 2.75. The van der Waals surface area contributed by atoms with Crippen LogP contribution in [-0.4, -0.2) is 58.2 Å². The molecule has 162 valence electrons. The number of benzene rings is 2. The van der Waals surface area contributed by atoms with Gasteiger partial charge in [0.2, 0.25) is 17.6 Å². The van der Waals surface area contributed by atoms with E-state index in [2.05, 4.69) is 5.32 Å². The van der Waals surface area contributed by atoms with E-state index in [-0.39, 0.29) is 24.8 Å². The zero-order valence-corrected chi connectivity index (χ0v) is 18.0. The summed E-state index contributed by atoms with van der Waals surface area (Å²) in [5.74, 6) is 1.56. The van der Waals surface area contributed by atoms with Crippen LogP contribution in [0.15, 0.2) is 36.4 Å². The van der Waals surface area contributed by atoms with Crippen LogP contribution in [0.4, 0.5) is 5.69 Å². The second-order valence-electron chi connectivity index (χ2n) is 6.40. The SMILES string of the molecule is CCN(CC(=O)Nc1cccc(OC)c1)C(=O)Cc1cc(OC)c(OC)c(OC)c1. The molecule has 0 atom stereocenters. The highest BCUT2D eigenvalue weighted by atomic mass is 16.5. The molecule has 0 bridgehead atoms. The van der Waals surface area contributed by atoms with E-state index < -0.39 is 0 Å². The number of carbonyl (C=O) groups excluding carboxylic acids is 2. The van der Waals surface area contributed by atoms with Crippen molar-refractivity contribution in [2.75, 3.05) is 46.8 Å². The van der Waals surface area contributed by atoms with Gasteiger partial charge in [0, 0.05) is 18.3 Å². The molecule has 0 saturated heterocycles. The van der Waals surface area contributed by atoms with Crippen molar-refractivity contribution in [2.45, 2.75) is 13.3 Å². The Kier molecular flexibility index (Phi) is 8.34. The second-order valence-corrected chi connectivity index (χ2v) is 6.40. The molecule has 0 saturated carbocycles. The van der Waals surface area contributed by atoms with Crippen LogP contribution < -0.4 is 24.3 Å². The fraction of sp³-hybridized carbons (Fsp3) is 0.364. The molecule has 2 aromatic carbocycles. The van der Waals surface area contributed by atoms with Crippen molar-refractivity contribution in [2.24, 2.45) is 0 Å². The lowest BCUT2D eigenvalue weighted by Gasteiger charge is -2.21. The molecule has 0 aromatic heterocycles. The summed E-state index contributed by atoms with van der Waals surface area (Å²) >= 11 is 0. The maximum atomic E-state index is 12.8. The number of anilines is 1. The Hall–Kier alpha value is -3.42. The van der Waals surface area contributed by atoms with Gasteiger partial charge in [0.1, 0.15) is 5.75 Å². The first-order valence-corrected chi connectivity index (χ1v) is 9.46. The number of hydrogen-bond donors (Lipinski definition) is 1. The molecule has 8 nitrogen and oxygen atoms in total. The Morgan fingerprint density at radius 3 is 2.13 bits per heavy atom. The molecule has 1 N–H and O–H groups in total. The van der Waals surface area contributed by atoms with E-state index in [0.717, 1.165) is 0 Å². The molecule has 2 rings (SSSR count). The summed E-state index contributed by atoms with van der Waals surface area (Å²) in [4.78, 5) is 26.7. The molecule has 8 heteroatoms. The molecular formula is C22H28N2O6. The number of amides is 2. The van der Waals surface area contributed by atoms with Crippen molar-refractivity contribution in [3.8, 4) is 23.0 Å². The average Bonchev–Trinajstić information content (AvgIpc) is 2.76. The predicted molar refractivity (Wildman–Crippen MR) is 114 cm³/mol. The number of likely N-dealkylation sites (N-methyl/N-ethyl adjacent to an activating group) is 1. The first-order chi connectivity index (χ1) is 14.4. The van der Waals surface area contributed by atoms with E-state index in [4.69, 9.17) is 18.9 Å². The summed E-state index contributed by atoms with van der Waals surface area (Å²) in [5.41, 5.74) is 1.30. The third kappa shape index (κ3) is 5.79. The maximum absolute atomic E-state index is 12.8. The minimum absolute atomic E-state index is 0.0586. The van der Waals surface area contributed by atoms with Crippen LogP contribution >= 0.6 is 0 Å². The Balaban J connectivity index is 2.08. The van der Waals surface area contributed by atoms with E-state index >= 15 is 0 Å². The van der Waals surface area contributed by atoms with Gasteiger partial charge in [-0.3, -0.25) is 9.59 Å². The summed E-state index contributed by atoms with van der Waals surface area (Å²) < 4.78 is 21.1. The van der Waals surface area contributed by atoms with Gasteiger partial charge in [0.15, 0.2) is 11.5 Å². The van der Waals surface area contributed by atoms with Crippen molar-refractivity contribution in [3.05, 3.63) is 42.0 Å². The van der Waals surface area contributed by atoms with Crippen LogP contribution in [-0.2, 0) is 16.0 Å². The summed E-state index contributed by atoms with van der Waals surface area (Å²) in [5, 5.41) is 2.78. The van der Waals surface area contributed by atoms with Crippen molar-refractivity contribution in [1.29, 1.82) is 0 Å². The van der Waals surface area contributed by atoms with Gasteiger partial charge in [0.05, 0.1) is 41.4 Å². The number of methoxy groups -OCH3 is 4. The van der Waals surface area contributed by atoms with Gasteiger partial charge in [-0.05, 0) is 36.8 Å². The Labute approximate surface area is 176 Å². The molecule has 0 unspecified atom stereocenters. The number of ether oxygens (including phenoxy) is 4. The Morgan fingerprint density at radius 1 is 0.933 bits per heavy atom. The minimum Gasteiger partial charge on any atom is -0.497 e. The first-order valence-electron chi connectivity index (χ1n) is 9.46. The number of carbonyl (C=O) groups is 2. The summed E-state index contributed by atoms with van der Waals surface area (Å²) in [6.07, 6.45) is 0.0942. The van der Waals surface area contributed by atoms with E-state index in [1.165, 1.54) is 26.2 Å². The number of rotatable bonds is 10. The van der Waals surface area contributed by atoms with Crippen molar-refractivity contribution < 1.29 is 28.5 Å². The zero-order chi connectivity index (χ0) is 22.1. The van der Waals surface area contributed by atoms with Gasteiger partial charge in [-0.15, -0.1) is 0 Å². The fourth-order valence-corrected chi connectivity index (χ4v) is 2.97. The fourth-order valence-electron chi connectivity index (χ4n) is 2.97. The Morgan fingerprint density at radius 2 is 1.60 bits per heavy atom. The largest absolute Gasteiger partial charge is 0.497 e. The molecule has 0 radical (unpaired) electrons. The molecule has 0 aliphatic rings. The second kappa shape index (κ2) is 10.9. The molecule has 30 heavy (non-hydrogen) atoms. The average molecular weight is 416 g/mol. The van der Waals surface area contributed by atoms with Crippen LogP contribution in [0.2, 0.25) is 0 Å². The van der Waals surface area contributed by atoms with Gasteiger partial charge < -0.3 is 29.2 Å². The lowest BCUT2D eigenvalue weighted by Crippen LogP contribution is -2.38.